The van der Waals surface area contributed by atoms with Crippen LogP contribution in [0.25, 0.3) is 0 Å². The Balaban J connectivity index is 3.90. The molecule has 0 aliphatic rings. The molecule has 5 nitrogen and oxygen atoms in total. The summed E-state index contributed by atoms with van der Waals surface area (Å²) in [6.07, 6.45) is 1.43. The van der Waals surface area contributed by atoms with Crippen LogP contribution in [0.1, 0.15) is 13.8 Å². The fourth-order valence-electron chi connectivity index (χ4n) is 0.715. The van der Waals surface area contributed by atoms with E-state index in [1.807, 2.05) is 13.8 Å². The lowest BCUT2D eigenvalue weighted by molar-refractivity contribution is -0.139. The zero-order chi connectivity index (χ0) is 10.3. The van der Waals surface area contributed by atoms with Crippen molar-refractivity contribution in [3.63, 3.8) is 0 Å². The third kappa shape index (κ3) is 5.91. The van der Waals surface area contributed by atoms with Crippen molar-refractivity contribution in [2.75, 3.05) is 19.7 Å². The molecule has 0 bridgehead atoms. The maximum Gasteiger partial charge on any atom is 0.691 e. The second-order valence-electron chi connectivity index (χ2n) is 2.35. The number of hydrogen-bond acceptors (Lipinski definition) is 5. The molecule has 0 aliphatic heterocycles. The quantitative estimate of drug-likeness (QED) is 0.346. The zero-order valence-corrected chi connectivity index (χ0v) is 9.06. The van der Waals surface area contributed by atoms with E-state index in [0.717, 1.165) is 0 Å². The standard InChI is InChI=1S/C7H17NO4Si/c1-4-7-11-13(9,10)12-8(5-2)6-3/h4,9-10H,1,5-7H2,2-3H3. The topological polar surface area (TPSA) is 62.2 Å². The van der Waals surface area contributed by atoms with Crippen LogP contribution in [0.2, 0.25) is 0 Å². The largest absolute Gasteiger partial charge is 0.691 e. The van der Waals surface area contributed by atoms with Crippen LogP contribution in [-0.4, -0.2) is 43.4 Å². The summed E-state index contributed by atoms with van der Waals surface area (Å²) in [6, 6.07) is 0. The highest BCUT2D eigenvalue weighted by Crippen LogP contribution is 2.02. The van der Waals surface area contributed by atoms with E-state index in [2.05, 4.69) is 11.0 Å². The molecule has 0 spiro atoms. The molecule has 0 saturated carbocycles. The molecule has 0 heterocycles. The van der Waals surface area contributed by atoms with Gasteiger partial charge < -0.3 is 14.0 Å². The van der Waals surface area contributed by atoms with Crippen LogP contribution < -0.4 is 0 Å². The summed E-state index contributed by atoms with van der Waals surface area (Å²) in [6.45, 7) is 8.30. The maximum absolute atomic E-state index is 9.24. The minimum absolute atomic E-state index is 0.0699. The van der Waals surface area contributed by atoms with Crippen LogP contribution in [0.15, 0.2) is 12.7 Å². The normalized spacial score (nSPS) is 12.1. The Kier molecular flexibility index (Phi) is 6.13. The predicted molar refractivity (Wildman–Crippen MR) is 50.3 cm³/mol. The molecule has 13 heavy (non-hydrogen) atoms. The van der Waals surface area contributed by atoms with Gasteiger partial charge in [0.05, 0.1) is 6.61 Å². The Bertz CT molecular complexity index is 149. The van der Waals surface area contributed by atoms with Gasteiger partial charge in [0.2, 0.25) is 0 Å². The summed E-state index contributed by atoms with van der Waals surface area (Å²) in [7, 11) is -3.97. The van der Waals surface area contributed by atoms with E-state index in [1.165, 1.54) is 11.1 Å². The molecule has 0 aromatic carbocycles. The fraction of sp³-hybridized carbons (Fsp3) is 0.714. The molecule has 6 heteroatoms. The van der Waals surface area contributed by atoms with Crippen molar-refractivity contribution < 1.29 is 18.5 Å². The first-order valence-corrected chi connectivity index (χ1v) is 5.90. The molecule has 0 fully saturated rings. The minimum atomic E-state index is -3.97. The molecular formula is C7H17NO4Si. The van der Waals surface area contributed by atoms with Crippen molar-refractivity contribution >= 4 is 9.05 Å². The van der Waals surface area contributed by atoms with Crippen molar-refractivity contribution in [2.45, 2.75) is 13.8 Å². The van der Waals surface area contributed by atoms with Gasteiger partial charge in [-0.05, 0) is 0 Å². The van der Waals surface area contributed by atoms with Crippen LogP contribution in [-0.2, 0) is 8.95 Å². The van der Waals surface area contributed by atoms with Crippen LogP contribution in [0.3, 0.4) is 0 Å². The zero-order valence-electron chi connectivity index (χ0n) is 8.06. The first kappa shape index (κ1) is 12.8. The highest BCUT2D eigenvalue weighted by atomic mass is 28.4. The number of nitrogens with zero attached hydrogens (tertiary/aromatic N) is 1. The SMILES string of the molecule is C=CCO[Si](O)(O)ON(CC)CC. The predicted octanol–water partition coefficient (Wildman–Crippen LogP) is -0.117. The first-order valence-electron chi connectivity index (χ1n) is 4.19. The van der Waals surface area contributed by atoms with E-state index in [9.17, 15) is 9.59 Å². The first-order chi connectivity index (χ1) is 6.05. The number of hydrogen-bond donors (Lipinski definition) is 2. The van der Waals surface area contributed by atoms with Gasteiger partial charge in [-0.3, -0.25) is 4.53 Å². The van der Waals surface area contributed by atoms with Gasteiger partial charge in [0.1, 0.15) is 0 Å². The van der Waals surface area contributed by atoms with E-state index in [4.69, 9.17) is 4.53 Å². The highest BCUT2D eigenvalue weighted by molar-refractivity contribution is 6.50. The summed E-state index contributed by atoms with van der Waals surface area (Å²) in [5.74, 6) is 0. The lowest BCUT2D eigenvalue weighted by atomic mass is 10.6. The van der Waals surface area contributed by atoms with E-state index < -0.39 is 9.05 Å². The Morgan fingerprint density at radius 2 is 1.92 bits per heavy atom. The van der Waals surface area contributed by atoms with Crippen molar-refractivity contribution in [3.8, 4) is 0 Å². The van der Waals surface area contributed by atoms with Crippen molar-refractivity contribution in [3.05, 3.63) is 12.7 Å². The van der Waals surface area contributed by atoms with Gasteiger partial charge in [0.15, 0.2) is 0 Å². The molecule has 0 aromatic rings. The highest BCUT2D eigenvalue weighted by Gasteiger charge is 2.38. The van der Waals surface area contributed by atoms with E-state index in [0.29, 0.717) is 13.1 Å². The Morgan fingerprint density at radius 3 is 2.31 bits per heavy atom. The molecule has 0 atom stereocenters. The second kappa shape index (κ2) is 6.25. The smallest absolute Gasteiger partial charge is 0.367 e. The van der Waals surface area contributed by atoms with Crippen molar-refractivity contribution in [1.82, 2.24) is 5.06 Å². The van der Waals surface area contributed by atoms with Crippen LogP contribution >= 0.6 is 0 Å². The van der Waals surface area contributed by atoms with Gasteiger partial charge in [-0.25, -0.2) is 0 Å². The molecule has 78 valence electrons. The summed E-state index contributed by atoms with van der Waals surface area (Å²) in [4.78, 5) is 18.5. The molecule has 0 saturated heterocycles. The molecule has 0 radical (unpaired) electrons. The van der Waals surface area contributed by atoms with Crippen LogP contribution in [0, 0.1) is 0 Å². The summed E-state index contributed by atoms with van der Waals surface area (Å²) >= 11 is 0. The molecule has 0 unspecified atom stereocenters. The average molecular weight is 207 g/mol. The van der Waals surface area contributed by atoms with Crippen molar-refractivity contribution in [2.24, 2.45) is 0 Å². The van der Waals surface area contributed by atoms with Crippen molar-refractivity contribution in [1.29, 1.82) is 0 Å². The van der Waals surface area contributed by atoms with Gasteiger partial charge in [0, 0.05) is 13.1 Å². The average Bonchev–Trinajstić information content (AvgIpc) is 2.11. The van der Waals surface area contributed by atoms with E-state index >= 15 is 0 Å². The van der Waals surface area contributed by atoms with Gasteiger partial charge >= 0.3 is 9.05 Å². The lowest BCUT2D eigenvalue weighted by Crippen LogP contribution is -2.48. The van der Waals surface area contributed by atoms with Gasteiger partial charge in [-0.15, -0.1) is 6.58 Å². The third-order valence-corrected chi connectivity index (χ3v) is 2.38. The monoisotopic (exact) mass is 207 g/mol. The molecule has 0 rings (SSSR count). The maximum atomic E-state index is 9.24. The van der Waals surface area contributed by atoms with Crippen LogP contribution in [0.5, 0.6) is 0 Å². The molecule has 2 N–H and O–H groups in total. The van der Waals surface area contributed by atoms with Crippen LogP contribution in [0.4, 0.5) is 0 Å². The van der Waals surface area contributed by atoms with Gasteiger partial charge in [-0.1, -0.05) is 19.9 Å². The van der Waals surface area contributed by atoms with Gasteiger partial charge in [0.25, 0.3) is 0 Å². The number of hydroxylamine groups is 2. The third-order valence-electron chi connectivity index (χ3n) is 1.34. The minimum Gasteiger partial charge on any atom is -0.367 e. The summed E-state index contributed by atoms with van der Waals surface area (Å²) in [5.41, 5.74) is 0. The molecule has 0 amide bonds. The second-order valence-corrected chi connectivity index (χ2v) is 3.92. The van der Waals surface area contributed by atoms with E-state index in [-0.39, 0.29) is 6.61 Å². The van der Waals surface area contributed by atoms with Gasteiger partial charge in [-0.2, -0.15) is 5.06 Å². The molecular weight excluding hydrogens is 190 g/mol. The van der Waals surface area contributed by atoms with E-state index in [1.54, 1.807) is 0 Å². The lowest BCUT2D eigenvalue weighted by Gasteiger charge is -2.24. The Labute approximate surface area is 79.6 Å². The Morgan fingerprint density at radius 1 is 1.38 bits per heavy atom. The summed E-state index contributed by atoms with van der Waals surface area (Å²) in [5, 5.41) is 1.43. The fourth-order valence-corrected chi connectivity index (χ4v) is 1.70. The summed E-state index contributed by atoms with van der Waals surface area (Å²) < 4.78 is 9.53. The molecule has 0 aromatic heterocycles. The molecule has 0 aliphatic carbocycles. The number of rotatable bonds is 7. The Hall–Kier alpha value is -0.243.